The third-order valence-electron chi connectivity index (χ3n) is 4.65. The summed E-state index contributed by atoms with van der Waals surface area (Å²) in [5.74, 6) is -0.0617. The van der Waals surface area contributed by atoms with E-state index in [0.717, 1.165) is 16.7 Å². The highest BCUT2D eigenvalue weighted by Gasteiger charge is 2.32. The minimum Gasteiger partial charge on any atom is -0.331 e. The molecule has 0 bridgehead atoms. The molecular weight excluding hydrogens is 395 g/mol. The highest BCUT2D eigenvalue weighted by molar-refractivity contribution is 7.77. The van der Waals surface area contributed by atoms with Crippen molar-refractivity contribution in [2.45, 2.75) is 32.5 Å². The number of halogens is 2. The number of amides is 1. The van der Waals surface area contributed by atoms with E-state index in [1.54, 1.807) is 23.1 Å². The first-order valence-corrected chi connectivity index (χ1v) is 9.92. The summed E-state index contributed by atoms with van der Waals surface area (Å²) in [4.78, 5) is 14.7. The Hall–Kier alpha value is -1.44. The average Bonchev–Trinajstić information content (AvgIpc) is 2.94. The second-order valence-corrected chi connectivity index (χ2v) is 7.73. The maximum absolute atomic E-state index is 12.9. The van der Waals surface area contributed by atoms with Gasteiger partial charge in [0.1, 0.15) is 0 Å². The summed E-state index contributed by atoms with van der Waals surface area (Å²) >= 11 is 10.3. The molecule has 2 N–H and O–H groups in total. The fourth-order valence-electron chi connectivity index (χ4n) is 3.28. The van der Waals surface area contributed by atoms with Gasteiger partial charge in [-0.1, -0.05) is 47.5 Å². The molecule has 0 saturated carbocycles. The second-order valence-electron chi connectivity index (χ2n) is 6.13. The van der Waals surface area contributed by atoms with Crippen molar-refractivity contribution in [2.24, 2.45) is 0 Å². The van der Waals surface area contributed by atoms with Crippen LogP contribution >= 0.6 is 23.2 Å². The zero-order chi connectivity index (χ0) is 18.8. The van der Waals surface area contributed by atoms with Crippen molar-refractivity contribution in [3.63, 3.8) is 0 Å². The third-order valence-corrected chi connectivity index (χ3v) is 5.75. The predicted molar refractivity (Wildman–Crippen MR) is 103 cm³/mol. The zero-order valence-electron chi connectivity index (χ0n) is 14.0. The fraction of sp³-hybridized carbons (Fsp3) is 0.278. The predicted octanol–water partition coefficient (Wildman–Crippen LogP) is 3.87. The second kappa shape index (κ2) is 8.06. The van der Waals surface area contributed by atoms with Gasteiger partial charge in [-0.3, -0.25) is 9.35 Å². The SMILES string of the molecule is C[C@H]1c2cccc(CNS(=O)O)c2CN1C(=O)Cc1c(Cl)cccc1Cl. The molecule has 1 unspecified atom stereocenters. The lowest BCUT2D eigenvalue weighted by atomic mass is 10.0. The first-order chi connectivity index (χ1) is 12.4. The van der Waals surface area contributed by atoms with Crippen LogP contribution in [0.5, 0.6) is 0 Å². The number of hydrogen-bond acceptors (Lipinski definition) is 2. The Morgan fingerprint density at radius 2 is 1.92 bits per heavy atom. The van der Waals surface area contributed by atoms with E-state index in [1.165, 1.54) is 0 Å². The molecule has 0 radical (unpaired) electrons. The normalized spacial score (nSPS) is 17.2. The lowest BCUT2D eigenvalue weighted by Crippen LogP contribution is -2.29. The van der Waals surface area contributed by atoms with E-state index in [0.29, 0.717) is 22.2 Å². The standard InChI is InChI=1S/C18H18Cl2N2O3S/c1-11-13-5-2-4-12(9-21-26(24)25)15(13)10-22(11)18(23)8-14-16(19)6-3-7-17(14)20/h2-7,11,21H,8-10H2,1H3,(H,24,25)/t11-/m0/s1. The molecule has 1 heterocycles. The minimum absolute atomic E-state index is 0.0617. The van der Waals surface area contributed by atoms with Gasteiger partial charge < -0.3 is 4.90 Å². The molecule has 3 rings (SSSR count). The van der Waals surface area contributed by atoms with Gasteiger partial charge in [0.05, 0.1) is 12.5 Å². The Morgan fingerprint density at radius 3 is 2.58 bits per heavy atom. The maximum Gasteiger partial charge on any atom is 0.232 e. The molecule has 1 aliphatic heterocycles. The van der Waals surface area contributed by atoms with Gasteiger partial charge in [0.25, 0.3) is 0 Å². The summed E-state index contributed by atoms with van der Waals surface area (Å²) in [6.07, 6.45) is 0.130. The van der Waals surface area contributed by atoms with Crippen LogP contribution in [0.1, 0.15) is 35.2 Å². The van der Waals surface area contributed by atoms with Crippen molar-refractivity contribution >= 4 is 40.4 Å². The van der Waals surface area contributed by atoms with Crippen LogP contribution in [0.4, 0.5) is 0 Å². The summed E-state index contributed by atoms with van der Waals surface area (Å²) in [7, 11) is 0. The van der Waals surface area contributed by atoms with E-state index >= 15 is 0 Å². The van der Waals surface area contributed by atoms with Crippen molar-refractivity contribution in [3.05, 3.63) is 68.7 Å². The van der Waals surface area contributed by atoms with Gasteiger partial charge in [-0.2, -0.15) is 0 Å². The lowest BCUT2D eigenvalue weighted by molar-refractivity contribution is -0.132. The number of nitrogens with zero attached hydrogens (tertiary/aromatic N) is 1. The molecule has 2 atom stereocenters. The Bertz CT molecular complexity index is 855. The number of carbonyl (C=O) groups is 1. The zero-order valence-corrected chi connectivity index (χ0v) is 16.4. The van der Waals surface area contributed by atoms with E-state index in [1.807, 2.05) is 25.1 Å². The summed E-state index contributed by atoms with van der Waals surface area (Å²) in [5, 5.41) is 0.955. The van der Waals surface area contributed by atoms with Crippen LogP contribution in [-0.2, 0) is 35.6 Å². The van der Waals surface area contributed by atoms with Crippen LogP contribution in [0.25, 0.3) is 0 Å². The average molecular weight is 413 g/mol. The number of benzene rings is 2. The third kappa shape index (κ3) is 3.94. The first-order valence-electron chi connectivity index (χ1n) is 8.06. The van der Waals surface area contributed by atoms with Crippen molar-refractivity contribution in [3.8, 4) is 0 Å². The number of fused-ring (bicyclic) bond motifs is 1. The highest BCUT2D eigenvalue weighted by Crippen LogP contribution is 2.36. The van der Waals surface area contributed by atoms with Crippen molar-refractivity contribution in [2.75, 3.05) is 0 Å². The molecule has 0 saturated heterocycles. The van der Waals surface area contributed by atoms with Crippen LogP contribution in [-0.4, -0.2) is 19.6 Å². The summed E-state index contributed by atoms with van der Waals surface area (Å²) < 4.78 is 22.3. The summed E-state index contributed by atoms with van der Waals surface area (Å²) in [6.45, 7) is 2.68. The van der Waals surface area contributed by atoms with Gasteiger partial charge in [0.2, 0.25) is 17.2 Å². The maximum atomic E-state index is 12.9. The number of nitrogens with one attached hydrogen (secondary N) is 1. The largest absolute Gasteiger partial charge is 0.331 e. The van der Waals surface area contributed by atoms with Gasteiger partial charge in [0, 0.05) is 23.1 Å². The van der Waals surface area contributed by atoms with Gasteiger partial charge >= 0.3 is 0 Å². The van der Waals surface area contributed by atoms with Crippen LogP contribution in [0.15, 0.2) is 36.4 Å². The minimum atomic E-state index is -2.08. The van der Waals surface area contributed by atoms with Crippen LogP contribution in [0, 0.1) is 0 Å². The quantitative estimate of drug-likeness (QED) is 0.732. The Labute approximate surface area is 164 Å². The van der Waals surface area contributed by atoms with E-state index in [4.69, 9.17) is 27.8 Å². The Morgan fingerprint density at radius 1 is 1.27 bits per heavy atom. The van der Waals surface area contributed by atoms with E-state index in [2.05, 4.69) is 4.72 Å². The van der Waals surface area contributed by atoms with E-state index in [-0.39, 0.29) is 24.9 Å². The summed E-state index contributed by atoms with van der Waals surface area (Å²) in [6, 6.07) is 10.9. The molecule has 0 fully saturated rings. The molecule has 26 heavy (non-hydrogen) atoms. The smallest absolute Gasteiger partial charge is 0.232 e. The molecule has 1 aliphatic rings. The molecule has 2 aromatic carbocycles. The van der Waals surface area contributed by atoms with Crippen molar-refractivity contribution in [1.82, 2.24) is 9.62 Å². The number of carbonyl (C=O) groups excluding carboxylic acids is 1. The topological polar surface area (TPSA) is 69.6 Å². The monoisotopic (exact) mass is 412 g/mol. The fourth-order valence-corrected chi connectivity index (χ4v) is 4.09. The lowest BCUT2D eigenvalue weighted by Gasteiger charge is -2.22. The first kappa shape index (κ1) is 19.3. The van der Waals surface area contributed by atoms with E-state index < -0.39 is 11.3 Å². The highest BCUT2D eigenvalue weighted by atomic mass is 35.5. The molecular formula is C18H18Cl2N2O3S. The molecule has 0 aliphatic carbocycles. The number of rotatable bonds is 5. The van der Waals surface area contributed by atoms with E-state index in [9.17, 15) is 9.00 Å². The van der Waals surface area contributed by atoms with Gasteiger partial charge in [0.15, 0.2) is 0 Å². The van der Waals surface area contributed by atoms with Crippen LogP contribution < -0.4 is 4.72 Å². The molecule has 2 aromatic rings. The molecule has 1 amide bonds. The molecule has 138 valence electrons. The number of hydrogen-bond donors (Lipinski definition) is 2. The van der Waals surface area contributed by atoms with Gasteiger partial charge in [-0.25, -0.2) is 8.93 Å². The Kier molecular flexibility index (Phi) is 5.99. The van der Waals surface area contributed by atoms with Crippen LogP contribution in [0.3, 0.4) is 0 Å². The molecule has 0 aromatic heterocycles. The Balaban J connectivity index is 1.81. The van der Waals surface area contributed by atoms with Gasteiger partial charge in [-0.05, 0) is 41.3 Å². The van der Waals surface area contributed by atoms with Crippen molar-refractivity contribution in [1.29, 1.82) is 0 Å². The van der Waals surface area contributed by atoms with Gasteiger partial charge in [-0.15, -0.1) is 0 Å². The van der Waals surface area contributed by atoms with Crippen molar-refractivity contribution < 1.29 is 13.6 Å². The summed E-state index contributed by atoms with van der Waals surface area (Å²) in [5.41, 5.74) is 3.59. The molecule has 8 heteroatoms. The molecule has 0 spiro atoms. The molecule has 5 nitrogen and oxygen atoms in total. The van der Waals surface area contributed by atoms with Crippen LogP contribution in [0.2, 0.25) is 10.0 Å².